The highest BCUT2D eigenvalue weighted by Gasteiger charge is 2.19. The summed E-state index contributed by atoms with van der Waals surface area (Å²) in [6, 6.07) is 6.81. The van der Waals surface area contributed by atoms with Gasteiger partial charge < -0.3 is 4.90 Å². The monoisotopic (exact) mass is 310 g/mol. The molecule has 1 aliphatic rings. The summed E-state index contributed by atoms with van der Waals surface area (Å²) in [4.78, 5) is 14.2. The molecule has 6 heteroatoms. The molecule has 1 amide bonds. The van der Waals surface area contributed by atoms with Gasteiger partial charge in [-0.15, -0.1) is 0 Å². The van der Waals surface area contributed by atoms with Crippen LogP contribution in [0, 0.1) is 0 Å². The van der Waals surface area contributed by atoms with Gasteiger partial charge in [-0.1, -0.05) is 0 Å². The zero-order valence-electron chi connectivity index (χ0n) is 12.6. The van der Waals surface area contributed by atoms with Crippen LogP contribution in [0.3, 0.4) is 0 Å². The number of hydrogen-bond donors (Lipinski definition) is 0. The van der Waals surface area contributed by atoms with Gasteiger partial charge in [0.05, 0.1) is 11.9 Å². The van der Waals surface area contributed by atoms with Crippen LogP contribution in [-0.4, -0.2) is 45.1 Å². The van der Waals surface area contributed by atoms with Crippen LogP contribution >= 0.6 is 0 Å². The van der Waals surface area contributed by atoms with Crippen molar-refractivity contribution in [3.8, 4) is 0 Å². The van der Waals surface area contributed by atoms with Gasteiger partial charge in [-0.05, 0) is 50.5 Å². The predicted molar refractivity (Wildman–Crippen MR) is 84.1 cm³/mol. The second-order valence-electron chi connectivity index (χ2n) is 5.33. The highest BCUT2D eigenvalue weighted by atomic mass is 32.2. The SMILES string of the molecule is CCN(c1ccc(C(=O)N2CCCCC2)cc1)S(C)(=O)=O. The zero-order chi connectivity index (χ0) is 15.5. The van der Waals surface area contributed by atoms with Crippen molar-refractivity contribution in [2.75, 3.05) is 30.2 Å². The molecule has 0 bridgehead atoms. The summed E-state index contributed by atoms with van der Waals surface area (Å²) in [5.74, 6) is 0.0312. The van der Waals surface area contributed by atoms with Crippen LogP contribution < -0.4 is 4.31 Å². The number of likely N-dealkylation sites (tertiary alicyclic amines) is 1. The molecular formula is C15H22N2O3S. The second-order valence-corrected chi connectivity index (χ2v) is 7.23. The highest BCUT2D eigenvalue weighted by molar-refractivity contribution is 7.92. The maximum absolute atomic E-state index is 12.3. The molecular weight excluding hydrogens is 288 g/mol. The van der Waals surface area contributed by atoms with Crippen molar-refractivity contribution in [3.63, 3.8) is 0 Å². The van der Waals surface area contributed by atoms with Crippen molar-refractivity contribution in [2.45, 2.75) is 26.2 Å². The summed E-state index contributed by atoms with van der Waals surface area (Å²) in [5.41, 5.74) is 1.21. The smallest absolute Gasteiger partial charge is 0.253 e. The molecule has 2 rings (SSSR count). The molecule has 5 nitrogen and oxygen atoms in total. The summed E-state index contributed by atoms with van der Waals surface area (Å²) in [6.07, 6.45) is 4.48. The van der Waals surface area contributed by atoms with Gasteiger partial charge in [0.25, 0.3) is 5.91 Å². The molecule has 0 radical (unpaired) electrons. The molecule has 1 aliphatic heterocycles. The first-order valence-corrected chi connectivity index (χ1v) is 9.15. The number of benzene rings is 1. The van der Waals surface area contributed by atoms with Crippen LogP contribution in [0.1, 0.15) is 36.5 Å². The van der Waals surface area contributed by atoms with Gasteiger partial charge in [-0.3, -0.25) is 9.10 Å². The molecule has 1 saturated heterocycles. The normalized spacial score (nSPS) is 15.8. The lowest BCUT2D eigenvalue weighted by Gasteiger charge is -2.27. The van der Waals surface area contributed by atoms with Crippen molar-refractivity contribution >= 4 is 21.6 Å². The van der Waals surface area contributed by atoms with E-state index >= 15 is 0 Å². The third-order valence-corrected chi connectivity index (χ3v) is 5.00. The number of piperidine rings is 1. The van der Waals surface area contributed by atoms with Crippen LogP contribution in [0.5, 0.6) is 0 Å². The van der Waals surface area contributed by atoms with Crippen LogP contribution in [0.25, 0.3) is 0 Å². The lowest BCUT2D eigenvalue weighted by molar-refractivity contribution is 0.0724. The average molecular weight is 310 g/mol. The molecule has 1 aromatic rings. The Labute approximate surface area is 126 Å². The Hall–Kier alpha value is -1.56. The molecule has 0 unspecified atom stereocenters. The molecule has 116 valence electrons. The minimum absolute atomic E-state index is 0.0312. The minimum Gasteiger partial charge on any atom is -0.339 e. The Bertz CT molecular complexity index is 590. The number of nitrogens with zero attached hydrogens (tertiary/aromatic N) is 2. The Morgan fingerprint density at radius 3 is 2.19 bits per heavy atom. The number of sulfonamides is 1. The molecule has 0 aromatic heterocycles. The van der Waals surface area contributed by atoms with Gasteiger partial charge in [0.15, 0.2) is 0 Å². The van der Waals surface area contributed by atoms with Crippen LogP contribution in [0.4, 0.5) is 5.69 Å². The molecule has 1 aromatic carbocycles. The first-order valence-electron chi connectivity index (χ1n) is 7.30. The van der Waals surface area contributed by atoms with E-state index < -0.39 is 10.0 Å². The third-order valence-electron chi connectivity index (χ3n) is 3.73. The summed E-state index contributed by atoms with van der Waals surface area (Å²) in [5, 5.41) is 0. The maximum atomic E-state index is 12.3. The van der Waals surface area contributed by atoms with Gasteiger partial charge in [0, 0.05) is 25.2 Å². The fourth-order valence-corrected chi connectivity index (χ4v) is 3.63. The van der Waals surface area contributed by atoms with E-state index in [1.54, 1.807) is 31.2 Å². The van der Waals surface area contributed by atoms with E-state index in [2.05, 4.69) is 0 Å². The van der Waals surface area contributed by atoms with Crippen LogP contribution in [0.2, 0.25) is 0 Å². The number of carbonyl (C=O) groups excluding carboxylic acids is 1. The van der Waals surface area contributed by atoms with Crippen molar-refractivity contribution < 1.29 is 13.2 Å². The molecule has 0 spiro atoms. The highest BCUT2D eigenvalue weighted by Crippen LogP contribution is 2.20. The van der Waals surface area contributed by atoms with Gasteiger partial charge in [0.2, 0.25) is 10.0 Å². The first kappa shape index (κ1) is 15.8. The zero-order valence-corrected chi connectivity index (χ0v) is 13.4. The van der Waals surface area contributed by atoms with Crippen LogP contribution in [-0.2, 0) is 10.0 Å². The number of carbonyl (C=O) groups is 1. The van der Waals surface area contributed by atoms with E-state index in [0.717, 1.165) is 25.9 Å². The molecule has 21 heavy (non-hydrogen) atoms. The van der Waals surface area contributed by atoms with E-state index in [-0.39, 0.29) is 5.91 Å². The third kappa shape index (κ3) is 3.75. The Morgan fingerprint density at radius 1 is 1.14 bits per heavy atom. The van der Waals surface area contributed by atoms with Gasteiger partial charge in [0.1, 0.15) is 0 Å². The van der Waals surface area contributed by atoms with Crippen molar-refractivity contribution in [3.05, 3.63) is 29.8 Å². The fourth-order valence-electron chi connectivity index (χ4n) is 2.66. The van der Waals surface area contributed by atoms with Crippen LogP contribution in [0.15, 0.2) is 24.3 Å². The van der Waals surface area contributed by atoms with E-state index in [0.29, 0.717) is 17.8 Å². The molecule has 0 saturated carbocycles. The van der Waals surface area contributed by atoms with Gasteiger partial charge in [-0.25, -0.2) is 8.42 Å². The van der Waals surface area contributed by atoms with E-state index in [4.69, 9.17) is 0 Å². The summed E-state index contributed by atoms with van der Waals surface area (Å²) in [7, 11) is -3.28. The first-order chi connectivity index (χ1) is 9.93. The average Bonchev–Trinajstić information content (AvgIpc) is 2.47. The number of anilines is 1. The van der Waals surface area contributed by atoms with E-state index in [1.807, 2.05) is 4.90 Å². The molecule has 0 aliphatic carbocycles. The number of amides is 1. The topological polar surface area (TPSA) is 57.7 Å². The van der Waals surface area contributed by atoms with Crippen molar-refractivity contribution in [2.24, 2.45) is 0 Å². The standard InChI is InChI=1S/C15H22N2O3S/c1-3-17(21(2,19)20)14-9-7-13(8-10-14)15(18)16-11-5-4-6-12-16/h7-10H,3-6,11-12H2,1-2H3. The fraction of sp³-hybridized carbons (Fsp3) is 0.533. The molecule has 0 N–H and O–H groups in total. The number of hydrogen-bond acceptors (Lipinski definition) is 3. The summed E-state index contributed by atoms with van der Waals surface area (Å²) < 4.78 is 24.7. The second kappa shape index (κ2) is 6.47. The lowest BCUT2D eigenvalue weighted by Crippen LogP contribution is -2.35. The quantitative estimate of drug-likeness (QED) is 0.855. The summed E-state index contributed by atoms with van der Waals surface area (Å²) in [6.45, 7) is 3.78. The largest absolute Gasteiger partial charge is 0.339 e. The van der Waals surface area contributed by atoms with Crippen molar-refractivity contribution in [1.29, 1.82) is 0 Å². The van der Waals surface area contributed by atoms with E-state index in [1.165, 1.54) is 17.0 Å². The summed E-state index contributed by atoms with van der Waals surface area (Å²) >= 11 is 0. The Morgan fingerprint density at radius 2 is 1.71 bits per heavy atom. The molecule has 0 atom stereocenters. The van der Waals surface area contributed by atoms with Crippen molar-refractivity contribution in [1.82, 2.24) is 4.90 Å². The lowest BCUT2D eigenvalue weighted by atomic mass is 10.1. The molecule has 1 heterocycles. The predicted octanol–water partition coefficient (Wildman–Crippen LogP) is 2.10. The number of rotatable bonds is 4. The van der Waals surface area contributed by atoms with Gasteiger partial charge in [-0.2, -0.15) is 0 Å². The van der Waals surface area contributed by atoms with Gasteiger partial charge >= 0.3 is 0 Å². The Balaban J connectivity index is 2.16. The maximum Gasteiger partial charge on any atom is 0.253 e. The minimum atomic E-state index is -3.28. The van der Waals surface area contributed by atoms with E-state index in [9.17, 15) is 13.2 Å². The molecule has 1 fully saturated rings. The Kier molecular flexibility index (Phi) is 4.88.